The van der Waals surface area contributed by atoms with Crippen molar-refractivity contribution in [1.82, 2.24) is 4.90 Å². The Kier molecular flexibility index (Phi) is 6.54. The molecule has 1 fully saturated rings. The third-order valence-electron chi connectivity index (χ3n) is 5.38. The van der Waals surface area contributed by atoms with E-state index in [1.165, 1.54) is 11.8 Å². The molecule has 29 heavy (non-hydrogen) atoms. The molecule has 3 rings (SSSR count). The Labute approximate surface area is 173 Å². The van der Waals surface area contributed by atoms with Gasteiger partial charge in [0.1, 0.15) is 6.54 Å². The molecule has 1 heterocycles. The smallest absolute Gasteiger partial charge is 0.244 e. The molecule has 0 radical (unpaired) electrons. The van der Waals surface area contributed by atoms with E-state index in [0.717, 1.165) is 54.4 Å². The van der Waals surface area contributed by atoms with Crippen LogP contribution in [0.1, 0.15) is 18.1 Å². The van der Waals surface area contributed by atoms with Crippen LogP contribution in [0.25, 0.3) is 0 Å². The lowest BCUT2D eigenvalue weighted by Gasteiger charge is -2.34. The summed E-state index contributed by atoms with van der Waals surface area (Å²) in [6, 6.07) is 13.8. The zero-order valence-corrected chi connectivity index (χ0v) is 17.7. The molecular formula is C23H30N4O2. The summed E-state index contributed by atoms with van der Waals surface area (Å²) in [5.41, 5.74) is 4.73. The standard InChI is InChI=1S/C23H30N4O2/c1-17-5-6-18(2)22(15-17)24-23(29)16-27(19(3)28)21-9-7-20(8-10-21)26-13-11-25(4)12-14-26/h5-10,15H,11-14,16H2,1-4H3,(H,24,29). The molecule has 2 aromatic carbocycles. The van der Waals surface area contributed by atoms with E-state index in [1.807, 2.05) is 56.3 Å². The van der Waals surface area contributed by atoms with E-state index >= 15 is 0 Å². The highest BCUT2D eigenvalue weighted by Gasteiger charge is 2.18. The molecule has 1 saturated heterocycles. The number of anilines is 3. The van der Waals surface area contributed by atoms with Crippen molar-refractivity contribution in [3.63, 3.8) is 0 Å². The Balaban J connectivity index is 1.68. The molecule has 6 nitrogen and oxygen atoms in total. The minimum atomic E-state index is -0.211. The second kappa shape index (κ2) is 9.09. The molecule has 2 aromatic rings. The third kappa shape index (κ3) is 5.35. The van der Waals surface area contributed by atoms with Crippen molar-refractivity contribution in [2.24, 2.45) is 0 Å². The lowest BCUT2D eigenvalue weighted by Crippen LogP contribution is -2.44. The summed E-state index contributed by atoms with van der Waals surface area (Å²) in [7, 11) is 2.13. The Morgan fingerprint density at radius 3 is 2.28 bits per heavy atom. The summed E-state index contributed by atoms with van der Waals surface area (Å²) in [4.78, 5) is 31.0. The number of benzene rings is 2. The van der Waals surface area contributed by atoms with Crippen LogP contribution in [0.3, 0.4) is 0 Å². The van der Waals surface area contributed by atoms with Crippen LogP contribution in [-0.2, 0) is 9.59 Å². The second-order valence-electron chi connectivity index (χ2n) is 7.78. The normalized spacial score (nSPS) is 14.6. The van der Waals surface area contributed by atoms with Crippen LogP contribution in [0.15, 0.2) is 42.5 Å². The van der Waals surface area contributed by atoms with Crippen LogP contribution in [-0.4, -0.2) is 56.5 Å². The van der Waals surface area contributed by atoms with Crippen molar-refractivity contribution in [2.75, 3.05) is 54.9 Å². The van der Waals surface area contributed by atoms with Gasteiger partial charge in [-0.15, -0.1) is 0 Å². The first-order valence-corrected chi connectivity index (χ1v) is 10.0. The Hall–Kier alpha value is -2.86. The number of amides is 2. The maximum atomic E-state index is 12.6. The zero-order valence-electron chi connectivity index (χ0n) is 17.7. The number of hydrogen-bond donors (Lipinski definition) is 1. The number of nitrogens with one attached hydrogen (secondary N) is 1. The molecule has 1 N–H and O–H groups in total. The second-order valence-corrected chi connectivity index (χ2v) is 7.78. The highest BCUT2D eigenvalue weighted by Crippen LogP contribution is 2.22. The van der Waals surface area contributed by atoms with E-state index in [2.05, 4.69) is 22.2 Å². The van der Waals surface area contributed by atoms with E-state index in [-0.39, 0.29) is 18.4 Å². The molecule has 0 aromatic heterocycles. The van der Waals surface area contributed by atoms with Gasteiger partial charge in [0.15, 0.2) is 0 Å². The van der Waals surface area contributed by atoms with E-state index in [4.69, 9.17) is 0 Å². The number of rotatable bonds is 5. The van der Waals surface area contributed by atoms with Crippen molar-refractivity contribution in [1.29, 1.82) is 0 Å². The number of hydrogen-bond acceptors (Lipinski definition) is 4. The van der Waals surface area contributed by atoms with Crippen molar-refractivity contribution in [3.8, 4) is 0 Å². The largest absolute Gasteiger partial charge is 0.369 e. The number of carbonyl (C=O) groups excluding carboxylic acids is 2. The molecule has 0 unspecified atom stereocenters. The van der Waals surface area contributed by atoms with Gasteiger partial charge in [-0.1, -0.05) is 12.1 Å². The molecule has 0 atom stereocenters. The topological polar surface area (TPSA) is 55.9 Å². The van der Waals surface area contributed by atoms with Gasteiger partial charge in [0.2, 0.25) is 11.8 Å². The van der Waals surface area contributed by atoms with E-state index < -0.39 is 0 Å². The molecule has 154 valence electrons. The molecular weight excluding hydrogens is 364 g/mol. The summed E-state index contributed by atoms with van der Waals surface area (Å²) in [6.45, 7) is 9.47. The summed E-state index contributed by atoms with van der Waals surface area (Å²) >= 11 is 0. The van der Waals surface area contributed by atoms with E-state index in [1.54, 1.807) is 0 Å². The molecule has 1 aliphatic rings. The Morgan fingerprint density at radius 2 is 1.66 bits per heavy atom. The number of likely N-dealkylation sites (N-methyl/N-ethyl adjacent to an activating group) is 1. The van der Waals surface area contributed by atoms with Gasteiger partial charge in [-0.25, -0.2) is 0 Å². The SMILES string of the molecule is CC(=O)N(CC(=O)Nc1cc(C)ccc1C)c1ccc(N2CCN(C)CC2)cc1. The Morgan fingerprint density at radius 1 is 1.00 bits per heavy atom. The van der Waals surface area contributed by atoms with Crippen molar-refractivity contribution >= 4 is 28.9 Å². The minimum Gasteiger partial charge on any atom is -0.369 e. The number of carbonyl (C=O) groups is 2. The van der Waals surface area contributed by atoms with Crippen LogP contribution in [0.2, 0.25) is 0 Å². The molecule has 0 spiro atoms. The maximum absolute atomic E-state index is 12.6. The van der Waals surface area contributed by atoms with Gasteiger partial charge in [0.05, 0.1) is 0 Å². The van der Waals surface area contributed by atoms with Crippen LogP contribution >= 0.6 is 0 Å². The van der Waals surface area contributed by atoms with Gasteiger partial charge in [0.25, 0.3) is 0 Å². The van der Waals surface area contributed by atoms with E-state index in [0.29, 0.717) is 0 Å². The molecule has 2 amide bonds. The summed E-state index contributed by atoms with van der Waals surface area (Å²) in [6.07, 6.45) is 0. The fraction of sp³-hybridized carbons (Fsp3) is 0.391. The number of piperazine rings is 1. The molecule has 0 saturated carbocycles. The van der Waals surface area contributed by atoms with Gasteiger partial charge >= 0.3 is 0 Å². The lowest BCUT2D eigenvalue weighted by molar-refractivity contribution is -0.120. The van der Waals surface area contributed by atoms with Crippen molar-refractivity contribution < 1.29 is 9.59 Å². The van der Waals surface area contributed by atoms with Crippen LogP contribution < -0.4 is 15.1 Å². The molecule has 0 bridgehead atoms. The number of nitrogens with zero attached hydrogens (tertiary/aromatic N) is 3. The van der Waals surface area contributed by atoms with Gasteiger partial charge in [0, 0.05) is 50.2 Å². The first-order valence-electron chi connectivity index (χ1n) is 10.0. The van der Waals surface area contributed by atoms with Crippen LogP contribution in [0.4, 0.5) is 17.1 Å². The fourth-order valence-electron chi connectivity index (χ4n) is 3.50. The van der Waals surface area contributed by atoms with E-state index in [9.17, 15) is 9.59 Å². The molecule has 6 heteroatoms. The quantitative estimate of drug-likeness (QED) is 0.847. The predicted molar refractivity (Wildman–Crippen MR) is 119 cm³/mol. The fourth-order valence-corrected chi connectivity index (χ4v) is 3.50. The van der Waals surface area contributed by atoms with Gasteiger partial charge in [-0.05, 0) is 62.4 Å². The molecule has 1 aliphatic heterocycles. The maximum Gasteiger partial charge on any atom is 0.244 e. The summed E-state index contributed by atoms with van der Waals surface area (Å²) in [5, 5.41) is 2.93. The van der Waals surface area contributed by atoms with Gasteiger partial charge in [-0.3, -0.25) is 9.59 Å². The van der Waals surface area contributed by atoms with Crippen LogP contribution in [0.5, 0.6) is 0 Å². The highest BCUT2D eigenvalue weighted by molar-refractivity contribution is 6.02. The van der Waals surface area contributed by atoms with Gasteiger partial charge < -0.3 is 20.0 Å². The zero-order chi connectivity index (χ0) is 21.0. The average Bonchev–Trinajstić information content (AvgIpc) is 2.69. The molecule has 0 aliphatic carbocycles. The monoisotopic (exact) mass is 394 g/mol. The Bertz CT molecular complexity index is 871. The average molecular weight is 395 g/mol. The van der Waals surface area contributed by atoms with Crippen molar-refractivity contribution in [2.45, 2.75) is 20.8 Å². The first-order chi connectivity index (χ1) is 13.8. The lowest BCUT2D eigenvalue weighted by atomic mass is 10.1. The van der Waals surface area contributed by atoms with Crippen LogP contribution in [0, 0.1) is 13.8 Å². The van der Waals surface area contributed by atoms with Crippen molar-refractivity contribution in [3.05, 3.63) is 53.6 Å². The first kappa shape index (κ1) is 20.9. The minimum absolute atomic E-state index is 0.0173. The summed E-state index contributed by atoms with van der Waals surface area (Å²) in [5.74, 6) is -0.370. The van der Waals surface area contributed by atoms with Gasteiger partial charge in [-0.2, -0.15) is 0 Å². The predicted octanol–water partition coefficient (Wildman–Crippen LogP) is 3.05. The highest BCUT2D eigenvalue weighted by atomic mass is 16.2. The summed E-state index contributed by atoms with van der Waals surface area (Å²) < 4.78 is 0. The third-order valence-corrected chi connectivity index (χ3v) is 5.38. The number of aryl methyl sites for hydroxylation is 2.